The highest BCUT2D eigenvalue weighted by Crippen LogP contribution is 2.28. The van der Waals surface area contributed by atoms with E-state index in [0.29, 0.717) is 12.4 Å². The number of benzene rings is 2. The topological polar surface area (TPSA) is 55.4 Å². The highest BCUT2D eigenvalue weighted by atomic mass is 32.2. The molecule has 1 N–H and O–H groups in total. The first-order valence-electron chi connectivity index (χ1n) is 8.71. The Morgan fingerprint density at radius 1 is 1.00 bits per heavy atom. The van der Waals surface area contributed by atoms with Crippen molar-refractivity contribution in [3.05, 3.63) is 59.2 Å². The van der Waals surface area contributed by atoms with Gasteiger partial charge in [-0.2, -0.15) is 0 Å². The first-order valence-corrected chi connectivity index (χ1v) is 10.2. The van der Waals surface area contributed by atoms with Crippen LogP contribution in [0.3, 0.4) is 0 Å². The fourth-order valence-electron chi connectivity index (χ4n) is 2.47. The molecule has 0 aliphatic heterocycles. The zero-order valence-electron chi connectivity index (χ0n) is 15.2. The van der Waals surface area contributed by atoms with E-state index >= 15 is 0 Å². The summed E-state index contributed by atoms with van der Waals surface area (Å²) in [5, 5.41) is 0. The van der Waals surface area contributed by atoms with Gasteiger partial charge in [0.25, 0.3) is 0 Å². The van der Waals surface area contributed by atoms with Crippen molar-refractivity contribution in [2.24, 2.45) is 0 Å². The molecule has 0 aliphatic carbocycles. The van der Waals surface area contributed by atoms with Crippen molar-refractivity contribution in [2.45, 2.75) is 51.5 Å². The third kappa shape index (κ3) is 5.58. The standard InChI is InChI=1S/C20H27NO3S/c1-4-5-9-12-24-19-13-16(2)17(3)14-20(19)25(22,23)21-15-18-10-7-6-8-11-18/h6-8,10-11,13-14,21H,4-5,9,12,15H2,1-3H3. The largest absolute Gasteiger partial charge is 0.492 e. The average Bonchev–Trinajstić information content (AvgIpc) is 2.60. The predicted molar refractivity (Wildman–Crippen MR) is 101 cm³/mol. The van der Waals surface area contributed by atoms with Crippen LogP contribution in [0.15, 0.2) is 47.4 Å². The van der Waals surface area contributed by atoms with Gasteiger partial charge < -0.3 is 4.74 Å². The van der Waals surface area contributed by atoms with Crippen LogP contribution in [-0.2, 0) is 16.6 Å². The van der Waals surface area contributed by atoms with Crippen LogP contribution in [0.25, 0.3) is 0 Å². The number of aryl methyl sites for hydroxylation is 2. The Kier molecular flexibility index (Phi) is 7.02. The second-order valence-corrected chi connectivity index (χ2v) is 7.98. The predicted octanol–water partition coefficient (Wildman–Crippen LogP) is 4.35. The number of hydrogen-bond donors (Lipinski definition) is 1. The molecule has 4 nitrogen and oxygen atoms in total. The number of unbranched alkanes of at least 4 members (excludes halogenated alkanes) is 2. The first kappa shape index (κ1) is 19.5. The van der Waals surface area contributed by atoms with Gasteiger partial charge in [-0.15, -0.1) is 0 Å². The summed E-state index contributed by atoms with van der Waals surface area (Å²) in [5.74, 6) is 0.430. The van der Waals surface area contributed by atoms with E-state index in [0.717, 1.165) is 36.0 Å². The van der Waals surface area contributed by atoms with E-state index in [1.807, 2.05) is 50.2 Å². The molecule has 2 aromatic carbocycles. The normalized spacial score (nSPS) is 11.5. The molecule has 5 heteroatoms. The fourth-order valence-corrected chi connectivity index (χ4v) is 3.70. The Balaban J connectivity index is 2.20. The zero-order chi connectivity index (χ0) is 18.3. The highest BCUT2D eigenvalue weighted by molar-refractivity contribution is 7.89. The summed E-state index contributed by atoms with van der Waals surface area (Å²) in [5.41, 5.74) is 2.87. The Morgan fingerprint density at radius 3 is 2.36 bits per heavy atom. The second-order valence-electron chi connectivity index (χ2n) is 6.25. The van der Waals surface area contributed by atoms with E-state index in [-0.39, 0.29) is 11.4 Å². The lowest BCUT2D eigenvalue weighted by Gasteiger charge is -2.15. The van der Waals surface area contributed by atoms with Gasteiger partial charge in [0.05, 0.1) is 6.61 Å². The number of ether oxygens (including phenoxy) is 1. The summed E-state index contributed by atoms with van der Waals surface area (Å²) in [7, 11) is -3.65. The molecule has 0 spiro atoms. The van der Waals surface area contributed by atoms with Crippen LogP contribution < -0.4 is 9.46 Å². The smallest absolute Gasteiger partial charge is 0.244 e. The van der Waals surface area contributed by atoms with Crippen LogP contribution in [0.4, 0.5) is 0 Å². The van der Waals surface area contributed by atoms with Crippen LogP contribution in [-0.4, -0.2) is 15.0 Å². The van der Waals surface area contributed by atoms with E-state index < -0.39 is 10.0 Å². The van der Waals surface area contributed by atoms with Crippen molar-refractivity contribution in [3.63, 3.8) is 0 Å². The van der Waals surface area contributed by atoms with E-state index in [4.69, 9.17) is 4.74 Å². The minimum Gasteiger partial charge on any atom is -0.492 e. The molecule has 0 fully saturated rings. The summed E-state index contributed by atoms with van der Waals surface area (Å²) in [4.78, 5) is 0.211. The van der Waals surface area contributed by atoms with E-state index in [1.54, 1.807) is 6.07 Å². The quantitative estimate of drug-likeness (QED) is 0.676. The van der Waals surface area contributed by atoms with Crippen molar-refractivity contribution in [1.82, 2.24) is 4.72 Å². The van der Waals surface area contributed by atoms with Crippen molar-refractivity contribution in [2.75, 3.05) is 6.61 Å². The van der Waals surface area contributed by atoms with Crippen molar-refractivity contribution < 1.29 is 13.2 Å². The third-order valence-corrected chi connectivity index (χ3v) is 5.59. The lowest BCUT2D eigenvalue weighted by molar-refractivity contribution is 0.298. The molecule has 0 saturated carbocycles. The maximum atomic E-state index is 12.8. The lowest BCUT2D eigenvalue weighted by atomic mass is 10.1. The van der Waals surface area contributed by atoms with Crippen LogP contribution in [0.1, 0.15) is 42.9 Å². The molecule has 0 unspecified atom stereocenters. The summed E-state index contributed by atoms with van der Waals surface area (Å²) >= 11 is 0. The Hall–Kier alpha value is -1.85. The first-order chi connectivity index (χ1) is 11.9. The summed E-state index contributed by atoms with van der Waals surface area (Å²) in [6.07, 6.45) is 3.08. The maximum Gasteiger partial charge on any atom is 0.244 e. The number of hydrogen-bond acceptors (Lipinski definition) is 3. The SMILES string of the molecule is CCCCCOc1cc(C)c(C)cc1S(=O)(=O)NCc1ccccc1. The molecule has 136 valence electrons. The van der Waals surface area contributed by atoms with Gasteiger partial charge in [0.1, 0.15) is 10.6 Å². The maximum absolute atomic E-state index is 12.8. The number of nitrogens with one attached hydrogen (secondary N) is 1. The molecular formula is C20H27NO3S. The molecule has 0 radical (unpaired) electrons. The van der Waals surface area contributed by atoms with Gasteiger partial charge in [0, 0.05) is 6.54 Å². The van der Waals surface area contributed by atoms with Gasteiger partial charge in [-0.1, -0.05) is 50.1 Å². The third-order valence-electron chi connectivity index (χ3n) is 4.16. The van der Waals surface area contributed by atoms with Crippen LogP contribution in [0, 0.1) is 13.8 Å². The number of sulfonamides is 1. The monoisotopic (exact) mass is 361 g/mol. The van der Waals surface area contributed by atoms with Crippen molar-refractivity contribution >= 4 is 10.0 Å². The molecule has 0 aromatic heterocycles. The van der Waals surface area contributed by atoms with Gasteiger partial charge >= 0.3 is 0 Å². The summed E-state index contributed by atoms with van der Waals surface area (Å²) in [6, 6.07) is 13.0. The minimum absolute atomic E-state index is 0.211. The summed E-state index contributed by atoms with van der Waals surface area (Å²) < 4.78 is 34.0. The molecule has 0 atom stereocenters. The lowest BCUT2D eigenvalue weighted by Crippen LogP contribution is -2.24. The molecule has 0 saturated heterocycles. The average molecular weight is 362 g/mol. The van der Waals surface area contributed by atoms with E-state index in [1.165, 1.54) is 0 Å². The molecule has 2 aromatic rings. The van der Waals surface area contributed by atoms with Gasteiger partial charge in [0.15, 0.2) is 0 Å². The van der Waals surface area contributed by atoms with Gasteiger partial charge in [-0.3, -0.25) is 0 Å². The Bertz CT molecular complexity index is 786. The molecule has 0 aliphatic rings. The molecular weight excluding hydrogens is 334 g/mol. The molecule has 0 bridgehead atoms. The van der Waals surface area contributed by atoms with Crippen LogP contribution in [0.2, 0.25) is 0 Å². The zero-order valence-corrected chi connectivity index (χ0v) is 16.0. The van der Waals surface area contributed by atoms with Gasteiger partial charge in [0.2, 0.25) is 10.0 Å². The molecule has 0 amide bonds. The Labute approximate surface area is 151 Å². The van der Waals surface area contributed by atoms with E-state index in [2.05, 4.69) is 11.6 Å². The fraction of sp³-hybridized carbons (Fsp3) is 0.400. The van der Waals surface area contributed by atoms with Crippen molar-refractivity contribution in [3.8, 4) is 5.75 Å². The minimum atomic E-state index is -3.65. The Morgan fingerprint density at radius 2 is 1.68 bits per heavy atom. The van der Waals surface area contributed by atoms with Gasteiger partial charge in [-0.25, -0.2) is 13.1 Å². The molecule has 2 rings (SSSR count). The number of rotatable bonds is 9. The van der Waals surface area contributed by atoms with Crippen molar-refractivity contribution in [1.29, 1.82) is 0 Å². The van der Waals surface area contributed by atoms with Gasteiger partial charge in [-0.05, 0) is 49.1 Å². The molecule has 25 heavy (non-hydrogen) atoms. The molecule has 0 heterocycles. The highest BCUT2D eigenvalue weighted by Gasteiger charge is 2.21. The van der Waals surface area contributed by atoms with E-state index in [9.17, 15) is 8.42 Å². The van der Waals surface area contributed by atoms with Crippen LogP contribution in [0.5, 0.6) is 5.75 Å². The second kappa shape index (κ2) is 9.02. The summed E-state index contributed by atoms with van der Waals surface area (Å²) in [6.45, 7) is 6.77. The van der Waals surface area contributed by atoms with Crippen LogP contribution >= 0.6 is 0 Å².